The van der Waals surface area contributed by atoms with Crippen molar-refractivity contribution < 1.29 is 13.2 Å². The molecule has 0 fully saturated rings. The normalized spacial score (nSPS) is 11.8. The molecule has 1 N–H and O–H groups in total. The molecule has 0 saturated heterocycles. The Hall–Kier alpha value is -1.36. The zero-order valence-corrected chi connectivity index (χ0v) is 17.9. The second-order valence-electron chi connectivity index (χ2n) is 5.69. The summed E-state index contributed by atoms with van der Waals surface area (Å²) in [5.74, 6) is 0.688. The van der Waals surface area contributed by atoms with Crippen LogP contribution in [-0.2, 0) is 19.1 Å². The van der Waals surface area contributed by atoms with Gasteiger partial charge in [0.15, 0.2) is 11.7 Å². The third kappa shape index (κ3) is 6.75. The van der Waals surface area contributed by atoms with Crippen LogP contribution < -0.4 is 5.32 Å². The third-order valence-corrected chi connectivity index (χ3v) is 4.49. The molecule has 0 amide bonds. The molecule has 2 aromatic rings. The van der Waals surface area contributed by atoms with E-state index in [0.29, 0.717) is 30.5 Å². The molecule has 0 saturated carbocycles. The lowest BCUT2D eigenvalue weighted by atomic mass is 10.1. The Morgan fingerprint density at radius 2 is 1.92 bits per heavy atom. The monoisotopic (exact) mass is 498 g/mol. The summed E-state index contributed by atoms with van der Waals surface area (Å²) in [5.41, 5.74) is 1.54. The van der Waals surface area contributed by atoms with Crippen molar-refractivity contribution in [2.75, 3.05) is 20.6 Å². The van der Waals surface area contributed by atoms with E-state index in [1.54, 1.807) is 7.05 Å². The number of guanidine groups is 1. The van der Waals surface area contributed by atoms with Crippen LogP contribution >= 0.6 is 35.3 Å². The van der Waals surface area contributed by atoms with Crippen molar-refractivity contribution in [3.8, 4) is 0 Å². The number of aliphatic imine (C=N–C) groups is 1. The van der Waals surface area contributed by atoms with E-state index in [4.69, 9.17) is 0 Å². The molecule has 0 spiro atoms. The standard InChI is InChI=1S/C17H21F3N4S.HI/c1-12-4-6-13(7-5-12)10-24(3)16(21-2)22-9-8-15-23-14(11-25-15)17(18,19)20;/h4-7,11H,8-10H2,1-3H3,(H,21,22);1H. The van der Waals surface area contributed by atoms with Gasteiger partial charge >= 0.3 is 6.18 Å². The lowest BCUT2D eigenvalue weighted by Gasteiger charge is -2.22. The van der Waals surface area contributed by atoms with Crippen LogP contribution in [0, 0.1) is 6.92 Å². The zero-order valence-electron chi connectivity index (χ0n) is 14.8. The smallest absolute Gasteiger partial charge is 0.356 e. The van der Waals surface area contributed by atoms with E-state index < -0.39 is 11.9 Å². The van der Waals surface area contributed by atoms with Gasteiger partial charge in [-0.2, -0.15) is 13.2 Å². The van der Waals surface area contributed by atoms with Gasteiger partial charge in [0.25, 0.3) is 0 Å². The van der Waals surface area contributed by atoms with Gasteiger partial charge in [-0.15, -0.1) is 35.3 Å². The van der Waals surface area contributed by atoms with Crippen LogP contribution in [0.25, 0.3) is 0 Å². The maximum absolute atomic E-state index is 12.5. The van der Waals surface area contributed by atoms with E-state index in [9.17, 15) is 13.2 Å². The molecule has 26 heavy (non-hydrogen) atoms. The van der Waals surface area contributed by atoms with Crippen LogP contribution in [-0.4, -0.2) is 36.5 Å². The van der Waals surface area contributed by atoms with Gasteiger partial charge in [0, 0.05) is 39.0 Å². The number of thiazole rings is 1. The molecule has 9 heteroatoms. The number of halogens is 4. The number of rotatable bonds is 5. The number of aryl methyl sites for hydroxylation is 1. The highest BCUT2D eigenvalue weighted by Gasteiger charge is 2.33. The van der Waals surface area contributed by atoms with Gasteiger partial charge in [-0.25, -0.2) is 4.98 Å². The van der Waals surface area contributed by atoms with Crippen LogP contribution in [0.15, 0.2) is 34.6 Å². The second kappa shape index (κ2) is 10.1. The fourth-order valence-electron chi connectivity index (χ4n) is 2.26. The molecule has 0 atom stereocenters. The molecular formula is C17H22F3IN4S. The third-order valence-electron chi connectivity index (χ3n) is 3.58. The summed E-state index contributed by atoms with van der Waals surface area (Å²) in [6.45, 7) is 3.20. The zero-order chi connectivity index (χ0) is 18.4. The molecule has 1 aromatic heterocycles. The van der Waals surface area contributed by atoms with E-state index in [0.717, 1.165) is 22.3 Å². The molecular weight excluding hydrogens is 476 g/mol. The van der Waals surface area contributed by atoms with Gasteiger partial charge in [0.1, 0.15) is 0 Å². The maximum atomic E-state index is 12.5. The van der Waals surface area contributed by atoms with Crippen LogP contribution in [0.5, 0.6) is 0 Å². The van der Waals surface area contributed by atoms with Crippen molar-refractivity contribution in [3.05, 3.63) is 51.5 Å². The van der Waals surface area contributed by atoms with E-state index in [-0.39, 0.29) is 24.0 Å². The summed E-state index contributed by atoms with van der Waals surface area (Å²) in [5, 5.41) is 4.66. The number of hydrogen-bond acceptors (Lipinski definition) is 3. The van der Waals surface area contributed by atoms with Crippen molar-refractivity contribution in [2.24, 2.45) is 4.99 Å². The first-order valence-electron chi connectivity index (χ1n) is 7.78. The van der Waals surface area contributed by atoms with Crippen LogP contribution in [0.3, 0.4) is 0 Å². The van der Waals surface area contributed by atoms with E-state index in [1.165, 1.54) is 5.56 Å². The summed E-state index contributed by atoms with van der Waals surface area (Å²) >= 11 is 1.02. The number of alkyl halides is 3. The molecule has 1 heterocycles. The summed E-state index contributed by atoms with van der Waals surface area (Å²) in [4.78, 5) is 9.80. The molecule has 0 bridgehead atoms. The minimum Gasteiger partial charge on any atom is -0.356 e. The summed E-state index contributed by atoms with van der Waals surface area (Å²) in [6.07, 6.45) is -3.97. The average molecular weight is 498 g/mol. The molecule has 0 aliphatic heterocycles. The highest BCUT2D eigenvalue weighted by Crippen LogP contribution is 2.29. The summed E-state index contributed by atoms with van der Waals surface area (Å²) < 4.78 is 37.6. The summed E-state index contributed by atoms with van der Waals surface area (Å²) in [6, 6.07) is 8.24. The fraction of sp³-hybridized carbons (Fsp3) is 0.412. The van der Waals surface area contributed by atoms with Crippen molar-refractivity contribution >= 4 is 41.3 Å². The van der Waals surface area contributed by atoms with E-state index in [2.05, 4.69) is 39.6 Å². The first-order valence-corrected chi connectivity index (χ1v) is 8.66. The first-order chi connectivity index (χ1) is 11.8. The highest BCUT2D eigenvalue weighted by atomic mass is 127. The van der Waals surface area contributed by atoms with Gasteiger partial charge in [0.2, 0.25) is 0 Å². The van der Waals surface area contributed by atoms with Crippen LogP contribution in [0.1, 0.15) is 21.8 Å². The van der Waals surface area contributed by atoms with Gasteiger partial charge in [-0.05, 0) is 12.5 Å². The molecule has 0 aliphatic rings. The van der Waals surface area contributed by atoms with Crippen molar-refractivity contribution in [1.29, 1.82) is 0 Å². The molecule has 1 aromatic carbocycles. The number of hydrogen-bond donors (Lipinski definition) is 1. The first kappa shape index (κ1) is 22.7. The van der Waals surface area contributed by atoms with Crippen molar-refractivity contribution in [1.82, 2.24) is 15.2 Å². The van der Waals surface area contributed by atoms with E-state index in [1.807, 2.05) is 18.9 Å². The molecule has 2 rings (SSSR count). The Bertz CT molecular complexity index is 714. The largest absolute Gasteiger partial charge is 0.434 e. The number of benzene rings is 1. The molecule has 4 nitrogen and oxygen atoms in total. The Balaban J connectivity index is 0.00000338. The summed E-state index contributed by atoms with van der Waals surface area (Å²) in [7, 11) is 3.60. The SMILES string of the molecule is CN=C(NCCc1nc(C(F)(F)F)cs1)N(C)Cc1ccc(C)cc1.I. The molecule has 0 radical (unpaired) electrons. The van der Waals surface area contributed by atoms with Gasteiger partial charge in [-0.1, -0.05) is 29.8 Å². The molecule has 0 unspecified atom stereocenters. The lowest BCUT2D eigenvalue weighted by molar-refractivity contribution is -0.140. The lowest BCUT2D eigenvalue weighted by Crippen LogP contribution is -2.39. The minimum absolute atomic E-state index is 0. The fourth-order valence-corrected chi connectivity index (χ4v) is 3.07. The topological polar surface area (TPSA) is 40.5 Å². The van der Waals surface area contributed by atoms with Gasteiger partial charge < -0.3 is 10.2 Å². The minimum atomic E-state index is -4.38. The Morgan fingerprint density at radius 1 is 1.27 bits per heavy atom. The Kier molecular flexibility index (Phi) is 8.81. The average Bonchev–Trinajstić information content (AvgIpc) is 3.03. The number of nitrogens with one attached hydrogen (secondary N) is 1. The maximum Gasteiger partial charge on any atom is 0.434 e. The van der Waals surface area contributed by atoms with Gasteiger partial charge in [-0.3, -0.25) is 4.99 Å². The van der Waals surface area contributed by atoms with Gasteiger partial charge in [0.05, 0.1) is 5.01 Å². The second-order valence-corrected chi connectivity index (χ2v) is 6.63. The van der Waals surface area contributed by atoms with Crippen molar-refractivity contribution in [2.45, 2.75) is 26.1 Å². The molecule has 144 valence electrons. The van der Waals surface area contributed by atoms with Crippen molar-refractivity contribution in [3.63, 3.8) is 0 Å². The highest BCUT2D eigenvalue weighted by molar-refractivity contribution is 14.0. The molecule has 0 aliphatic carbocycles. The van der Waals surface area contributed by atoms with Crippen LogP contribution in [0.2, 0.25) is 0 Å². The van der Waals surface area contributed by atoms with Crippen LogP contribution in [0.4, 0.5) is 13.2 Å². The predicted octanol–water partition coefficient (Wildman–Crippen LogP) is 4.34. The van der Waals surface area contributed by atoms with E-state index >= 15 is 0 Å². The number of aromatic nitrogens is 1. The Morgan fingerprint density at radius 3 is 2.46 bits per heavy atom. The predicted molar refractivity (Wildman–Crippen MR) is 110 cm³/mol. The quantitative estimate of drug-likeness (QED) is 0.379. The Labute approximate surface area is 172 Å². The number of nitrogens with zero attached hydrogens (tertiary/aromatic N) is 3.